The molecule has 0 bridgehead atoms. The molecular formula is C23H34N2. The molecule has 25 heavy (non-hydrogen) atoms. The predicted octanol–water partition coefficient (Wildman–Crippen LogP) is 6.05. The Morgan fingerprint density at radius 2 is 1.44 bits per heavy atom. The number of rotatable bonds is 7. The zero-order valence-corrected chi connectivity index (χ0v) is 16.5. The third-order valence-corrected chi connectivity index (χ3v) is 5.20. The van der Waals surface area contributed by atoms with Gasteiger partial charge in [0.2, 0.25) is 0 Å². The molecule has 0 amide bonds. The summed E-state index contributed by atoms with van der Waals surface area (Å²) in [5.41, 5.74) is 19.4. The molecule has 0 aliphatic heterocycles. The number of hydrogen-bond acceptors (Lipinski definition) is 2. The lowest BCUT2D eigenvalue weighted by atomic mass is 9.86. The first kappa shape index (κ1) is 19.4. The number of nitrogens with two attached hydrogens (primary N) is 2. The molecule has 2 aromatic carbocycles. The van der Waals surface area contributed by atoms with Crippen molar-refractivity contribution >= 4 is 11.4 Å². The van der Waals surface area contributed by atoms with Gasteiger partial charge in [-0.1, -0.05) is 57.5 Å². The molecule has 0 aromatic heterocycles. The van der Waals surface area contributed by atoms with E-state index in [1.54, 1.807) is 0 Å². The molecule has 2 unspecified atom stereocenters. The van der Waals surface area contributed by atoms with Gasteiger partial charge in [0.1, 0.15) is 0 Å². The van der Waals surface area contributed by atoms with Crippen LogP contribution in [0.1, 0.15) is 74.6 Å². The second-order valence-electron chi connectivity index (χ2n) is 8.04. The topological polar surface area (TPSA) is 52.0 Å². The molecule has 2 rings (SSSR count). The van der Waals surface area contributed by atoms with Crippen molar-refractivity contribution < 1.29 is 0 Å². The number of nitrogen functional groups attached to an aromatic ring is 2. The van der Waals surface area contributed by atoms with Crippen molar-refractivity contribution in [3.05, 3.63) is 58.7 Å². The fourth-order valence-corrected chi connectivity index (χ4v) is 3.59. The minimum absolute atomic E-state index is 0.468. The van der Waals surface area contributed by atoms with E-state index in [4.69, 9.17) is 11.5 Å². The first-order valence-corrected chi connectivity index (χ1v) is 9.52. The van der Waals surface area contributed by atoms with Gasteiger partial charge in [0.05, 0.1) is 0 Å². The first-order chi connectivity index (χ1) is 11.8. The number of aryl methyl sites for hydroxylation is 1. The Morgan fingerprint density at radius 1 is 0.840 bits per heavy atom. The van der Waals surface area contributed by atoms with Crippen molar-refractivity contribution in [3.8, 4) is 0 Å². The molecule has 0 radical (unpaired) electrons. The van der Waals surface area contributed by atoms with E-state index in [1.807, 2.05) is 12.1 Å². The van der Waals surface area contributed by atoms with Crippen LogP contribution in [0.2, 0.25) is 0 Å². The van der Waals surface area contributed by atoms with E-state index in [-0.39, 0.29) is 0 Å². The van der Waals surface area contributed by atoms with Crippen LogP contribution in [0.15, 0.2) is 36.4 Å². The molecular weight excluding hydrogens is 304 g/mol. The Hall–Kier alpha value is -1.96. The normalized spacial score (nSPS) is 13.8. The second kappa shape index (κ2) is 8.42. The summed E-state index contributed by atoms with van der Waals surface area (Å²) in [5, 5.41) is 0. The Labute approximate surface area is 153 Å². The van der Waals surface area contributed by atoms with Crippen LogP contribution >= 0.6 is 0 Å². The van der Waals surface area contributed by atoms with Gasteiger partial charge < -0.3 is 11.5 Å². The lowest BCUT2D eigenvalue weighted by molar-refractivity contribution is 0.480. The second-order valence-corrected chi connectivity index (χ2v) is 8.04. The summed E-state index contributed by atoms with van der Waals surface area (Å²) >= 11 is 0. The van der Waals surface area contributed by atoms with Gasteiger partial charge in [-0.3, -0.25) is 0 Å². The maximum Gasteiger partial charge on any atom is 0.0384 e. The van der Waals surface area contributed by atoms with Crippen molar-refractivity contribution in [2.45, 2.75) is 65.7 Å². The zero-order chi connectivity index (χ0) is 18.6. The highest BCUT2D eigenvalue weighted by Gasteiger charge is 2.16. The van der Waals surface area contributed by atoms with Crippen molar-refractivity contribution in [3.63, 3.8) is 0 Å². The van der Waals surface area contributed by atoms with Crippen molar-refractivity contribution in [2.24, 2.45) is 5.92 Å². The largest absolute Gasteiger partial charge is 0.399 e. The van der Waals surface area contributed by atoms with Gasteiger partial charge in [-0.25, -0.2) is 0 Å². The smallest absolute Gasteiger partial charge is 0.0384 e. The van der Waals surface area contributed by atoms with Gasteiger partial charge in [0.15, 0.2) is 0 Å². The molecule has 136 valence electrons. The summed E-state index contributed by atoms with van der Waals surface area (Å²) in [6.07, 6.45) is 3.48. The lowest BCUT2D eigenvalue weighted by Crippen LogP contribution is -2.07. The van der Waals surface area contributed by atoms with E-state index >= 15 is 0 Å². The van der Waals surface area contributed by atoms with Crippen LogP contribution in [0.25, 0.3) is 0 Å². The van der Waals surface area contributed by atoms with Crippen LogP contribution in [0.3, 0.4) is 0 Å². The van der Waals surface area contributed by atoms with Crippen LogP contribution in [0, 0.1) is 12.8 Å². The number of benzene rings is 2. The quantitative estimate of drug-likeness (QED) is 0.604. The summed E-state index contributed by atoms with van der Waals surface area (Å²) in [6.45, 7) is 11.3. The number of hydrogen-bond donors (Lipinski definition) is 2. The van der Waals surface area contributed by atoms with Gasteiger partial charge in [-0.2, -0.15) is 0 Å². The average molecular weight is 339 g/mol. The zero-order valence-electron chi connectivity index (χ0n) is 16.5. The molecule has 0 spiro atoms. The van der Waals surface area contributed by atoms with E-state index < -0.39 is 0 Å². The summed E-state index contributed by atoms with van der Waals surface area (Å²) in [7, 11) is 0. The molecule has 0 aliphatic rings. The van der Waals surface area contributed by atoms with Crippen molar-refractivity contribution in [1.82, 2.24) is 0 Å². The van der Waals surface area contributed by atoms with E-state index in [1.165, 1.54) is 35.1 Å². The molecule has 0 heterocycles. The monoisotopic (exact) mass is 338 g/mol. The Kier molecular flexibility index (Phi) is 6.52. The van der Waals surface area contributed by atoms with E-state index in [0.717, 1.165) is 17.8 Å². The van der Waals surface area contributed by atoms with Gasteiger partial charge in [-0.05, 0) is 72.8 Å². The maximum atomic E-state index is 6.49. The maximum absolute atomic E-state index is 6.49. The molecule has 0 saturated heterocycles. The van der Waals surface area contributed by atoms with Crippen LogP contribution < -0.4 is 11.5 Å². The van der Waals surface area contributed by atoms with Crippen LogP contribution in [-0.2, 0) is 6.42 Å². The number of anilines is 2. The van der Waals surface area contributed by atoms with Gasteiger partial charge in [0.25, 0.3) is 0 Å². The molecule has 2 heteroatoms. The highest BCUT2D eigenvalue weighted by molar-refractivity contribution is 5.58. The Balaban J connectivity index is 2.00. The lowest BCUT2D eigenvalue weighted by Gasteiger charge is -2.21. The third-order valence-electron chi connectivity index (χ3n) is 5.20. The summed E-state index contributed by atoms with van der Waals surface area (Å²) < 4.78 is 0. The molecule has 2 aromatic rings. The van der Waals surface area contributed by atoms with E-state index in [2.05, 4.69) is 58.9 Å². The highest BCUT2D eigenvalue weighted by atomic mass is 14.6. The molecule has 0 saturated carbocycles. The summed E-state index contributed by atoms with van der Waals surface area (Å²) in [6, 6.07) is 12.8. The standard InChI is InChI=1S/C23H34N2/c1-15(2)21-13-17(4)14-22(23(21)25)18(5)7-6-16(3)12-19-8-10-20(24)11-9-19/h8-11,13-16,18H,6-7,12,24-25H2,1-5H3. The Bertz CT molecular complexity index is 686. The highest BCUT2D eigenvalue weighted by Crippen LogP contribution is 2.34. The molecule has 2 atom stereocenters. The van der Waals surface area contributed by atoms with Crippen molar-refractivity contribution in [1.29, 1.82) is 0 Å². The molecule has 0 fully saturated rings. The Morgan fingerprint density at radius 3 is 2.04 bits per heavy atom. The molecule has 4 N–H and O–H groups in total. The summed E-state index contributed by atoms with van der Waals surface area (Å²) in [4.78, 5) is 0. The predicted molar refractivity (Wildman–Crippen MR) is 111 cm³/mol. The van der Waals surface area contributed by atoms with Gasteiger partial charge in [0, 0.05) is 11.4 Å². The van der Waals surface area contributed by atoms with Crippen LogP contribution in [0.4, 0.5) is 11.4 Å². The van der Waals surface area contributed by atoms with E-state index in [9.17, 15) is 0 Å². The third kappa shape index (κ3) is 5.26. The van der Waals surface area contributed by atoms with Gasteiger partial charge in [-0.15, -0.1) is 0 Å². The minimum Gasteiger partial charge on any atom is -0.399 e. The van der Waals surface area contributed by atoms with E-state index in [0.29, 0.717) is 17.8 Å². The summed E-state index contributed by atoms with van der Waals surface area (Å²) in [5.74, 6) is 1.61. The van der Waals surface area contributed by atoms with Crippen LogP contribution in [0.5, 0.6) is 0 Å². The van der Waals surface area contributed by atoms with Crippen LogP contribution in [-0.4, -0.2) is 0 Å². The van der Waals surface area contributed by atoms with Crippen molar-refractivity contribution in [2.75, 3.05) is 11.5 Å². The minimum atomic E-state index is 0.468. The first-order valence-electron chi connectivity index (χ1n) is 9.52. The van der Waals surface area contributed by atoms with Gasteiger partial charge >= 0.3 is 0 Å². The SMILES string of the molecule is Cc1cc(C(C)C)c(N)c(C(C)CCC(C)Cc2ccc(N)cc2)c1. The average Bonchev–Trinajstić information content (AvgIpc) is 2.56. The fraction of sp³-hybridized carbons (Fsp3) is 0.478. The molecule has 2 nitrogen and oxygen atoms in total. The fourth-order valence-electron chi connectivity index (χ4n) is 3.59. The molecule has 0 aliphatic carbocycles.